The van der Waals surface area contributed by atoms with Crippen LogP contribution >= 0.6 is 0 Å². The molecule has 258 valence electrons. The van der Waals surface area contributed by atoms with Gasteiger partial charge in [-0.05, 0) is 95.2 Å². The fourth-order valence-corrected chi connectivity index (χ4v) is 9.17. The van der Waals surface area contributed by atoms with Crippen molar-refractivity contribution in [2.75, 3.05) is 0 Å². The second kappa shape index (κ2) is 12.1. The molecule has 0 bridgehead atoms. The van der Waals surface area contributed by atoms with Crippen LogP contribution in [0, 0.1) is 0 Å². The fraction of sp³-hybridized carbons (Fsp3) is 0.0566. The minimum absolute atomic E-state index is 0.165. The van der Waals surface area contributed by atoms with Crippen LogP contribution in [-0.2, 0) is 5.41 Å². The standard InChI is InChI=1S/C53H36N2/c1-53(2)46-27-13-26-43(51(46)45-30-36-17-3-4-18-37(36)31-47(45)53)50-40-23-10-7-16-35(40)28-29-44(50)52-54-48(41-24-11-19-33-14-5-8-21-38(33)41)32-49(55-52)42-25-12-20-34-15-6-9-22-39(34)42/h3-32H,1-2H3. The van der Waals surface area contributed by atoms with E-state index in [-0.39, 0.29) is 5.41 Å². The number of rotatable bonds is 4. The fourth-order valence-electron chi connectivity index (χ4n) is 9.17. The van der Waals surface area contributed by atoms with Crippen molar-refractivity contribution in [3.05, 3.63) is 193 Å². The number of aromatic nitrogens is 2. The van der Waals surface area contributed by atoms with Gasteiger partial charge in [0.25, 0.3) is 0 Å². The maximum atomic E-state index is 5.52. The van der Waals surface area contributed by atoms with Gasteiger partial charge in [-0.3, -0.25) is 0 Å². The molecule has 1 aromatic heterocycles. The van der Waals surface area contributed by atoms with E-state index >= 15 is 0 Å². The second-order valence-electron chi connectivity index (χ2n) is 15.3. The Morgan fingerprint density at radius 2 is 0.818 bits per heavy atom. The average Bonchev–Trinajstić information content (AvgIpc) is 3.46. The van der Waals surface area contributed by atoms with Gasteiger partial charge in [0.2, 0.25) is 0 Å². The Hall–Kier alpha value is -6.90. The number of fused-ring (bicyclic) bond motifs is 7. The zero-order valence-corrected chi connectivity index (χ0v) is 30.7. The van der Waals surface area contributed by atoms with Gasteiger partial charge in [0.05, 0.1) is 11.4 Å². The molecule has 0 N–H and O–H groups in total. The number of hydrogen-bond acceptors (Lipinski definition) is 2. The quantitative estimate of drug-likeness (QED) is 0.183. The van der Waals surface area contributed by atoms with Gasteiger partial charge >= 0.3 is 0 Å². The maximum Gasteiger partial charge on any atom is 0.161 e. The van der Waals surface area contributed by atoms with Crippen molar-refractivity contribution >= 4 is 43.1 Å². The number of benzene rings is 9. The molecule has 2 heteroatoms. The van der Waals surface area contributed by atoms with Crippen LogP contribution in [0.5, 0.6) is 0 Å². The summed E-state index contributed by atoms with van der Waals surface area (Å²) in [6, 6.07) is 66.0. The Kier molecular flexibility index (Phi) is 6.93. The van der Waals surface area contributed by atoms with Crippen LogP contribution in [0.2, 0.25) is 0 Å². The van der Waals surface area contributed by atoms with Crippen molar-refractivity contribution in [3.63, 3.8) is 0 Å². The van der Waals surface area contributed by atoms with E-state index in [9.17, 15) is 0 Å². The highest BCUT2D eigenvalue weighted by molar-refractivity contribution is 6.09. The Bertz CT molecular complexity index is 3080. The molecule has 55 heavy (non-hydrogen) atoms. The second-order valence-corrected chi connectivity index (χ2v) is 15.3. The molecule has 1 heterocycles. The molecule has 1 aliphatic carbocycles. The van der Waals surface area contributed by atoms with Gasteiger partial charge in [-0.1, -0.05) is 172 Å². The summed E-state index contributed by atoms with van der Waals surface area (Å²) in [5.41, 5.74) is 12.5. The first-order valence-electron chi connectivity index (χ1n) is 19.1. The van der Waals surface area contributed by atoms with Gasteiger partial charge in [-0.25, -0.2) is 9.97 Å². The highest BCUT2D eigenvalue weighted by atomic mass is 14.9. The average molecular weight is 701 g/mol. The molecule has 0 aliphatic heterocycles. The predicted molar refractivity (Wildman–Crippen MR) is 231 cm³/mol. The van der Waals surface area contributed by atoms with Gasteiger partial charge in [-0.2, -0.15) is 0 Å². The van der Waals surface area contributed by atoms with Crippen molar-refractivity contribution < 1.29 is 0 Å². The normalized spacial score (nSPS) is 13.1. The summed E-state index contributed by atoms with van der Waals surface area (Å²) >= 11 is 0. The monoisotopic (exact) mass is 700 g/mol. The van der Waals surface area contributed by atoms with Crippen LogP contribution in [0.1, 0.15) is 25.0 Å². The van der Waals surface area contributed by atoms with E-state index in [0.717, 1.165) is 33.6 Å². The maximum absolute atomic E-state index is 5.52. The molecule has 0 amide bonds. The van der Waals surface area contributed by atoms with E-state index in [1.165, 1.54) is 70.9 Å². The Morgan fingerprint density at radius 3 is 1.45 bits per heavy atom. The molecule has 0 fully saturated rings. The van der Waals surface area contributed by atoms with E-state index in [1.807, 2.05) is 0 Å². The largest absolute Gasteiger partial charge is 0.228 e. The molecule has 0 spiro atoms. The SMILES string of the molecule is CC1(C)c2cc3ccccc3cc2-c2c(-c3c(-c4nc(-c5cccc6ccccc56)cc(-c5cccc6ccccc56)n4)ccc4ccccc34)cccc21. The minimum atomic E-state index is -0.165. The molecule has 2 nitrogen and oxygen atoms in total. The van der Waals surface area contributed by atoms with E-state index in [0.29, 0.717) is 5.82 Å². The van der Waals surface area contributed by atoms with Crippen molar-refractivity contribution in [3.8, 4) is 56.2 Å². The lowest BCUT2D eigenvalue weighted by Gasteiger charge is -2.22. The Balaban J connectivity index is 1.24. The molecule has 9 aromatic carbocycles. The summed E-state index contributed by atoms with van der Waals surface area (Å²) in [5, 5.41) is 9.62. The number of nitrogens with zero attached hydrogens (tertiary/aromatic N) is 2. The molecule has 0 unspecified atom stereocenters. The topological polar surface area (TPSA) is 25.8 Å². The van der Waals surface area contributed by atoms with Gasteiger partial charge in [0.1, 0.15) is 0 Å². The van der Waals surface area contributed by atoms with Crippen molar-refractivity contribution in [1.82, 2.24) is 9.97 Å². The summed E-state index contributed by atoms with van der Waals surface area (Å²) in [6.45, 7) is 4.74. The highest BCUT2D eigenvalue weighted by Crippen LogP contribution is 2.54. The summed E-state index contributed by atoms with van der Waals surface area (Å²) in [5.74, 6) is 0.711. The summed E-state index contributed by atoms with van der Waals surface area (Å²) in [6.07, 6.45) is 0. The first kappa shape index (κ1) is 31.6. The lowest BCUT2D eigenvalue weighted by Crippen LogP contribution is -2.14. The van der Waals surface area contributed by atoms with Gasteiger partial charge in [0, 0.05) is 27.7 Å². The van der Waals surface area contributed by atoms with E-state index < -0.39 is 0 Å². The molecule has 0 saturated carbocycles. The Morgan fingerprint density at radius 1 is 0.327 bits per heavy atom. The van der Waals surface area contributed by atoms with Crippen LogP contribution in [-0.4, -0.2) is 9.97 Å². The van der Waals surface area contributed by atoms with Gasteiger partial charge in [-0.15, -0.1) is 0 Å². The zero-order chi connectivity index (χ0) is 36.7. The molecular weight excluding hydrogens is 665 g/mol. The third kappa shape index (κ3) is 4.88. The zero-order valence-electron chi connectivity index (χ0n) is 30.7. The molecule has 0 atom stereocenters. The van der Waals surface area contributed by atoms with Crippen molar-refractivity contribution in [2.24, 2.45) is 0 Å². The van der Waals surface area contributed by atoms with Crippen LogP contribution in [0.15, 0.2) is 182 Å². The third-order valence-corrected chi connectivity index (χ3v) is 11.9. The van der Waals surface area contributed by atoms with E-state index in [4.69, 9.17) is 9.97 Å². The molecule has 1 aliphatic rings. The summed E-state index contributed by atoms with van der Waals surface area (Å²) in [7, 11) is 0. The molecule has 0 saturated heterocycles. The van der Waals surface area contributed by atoms with E-state index in [2.05, 4.69) is 196 Å². The van der Waals surface area contributed by atoms with Crippen LogP contribution in [0.25, 0.3) is 99.2 Å². The number of hydrogen-bond donors (Lipinski definition) is 0. The van der Waals surface area contributed by atoms with Crippen LogP contribution in [0.3, 0.4) is 0 Å². The van der Waals surface area contributed by atoms with Crippen molar-refractivity contribution in [2.45, 2.75) is 19.3 Å². The highest BCUT2D eigenvalue weighted by Gasteiger charge is 2.38. The lowest BCUT2D eigenvalue weighted by atomic mass is 9.81. The summed E-state index contributed by atoms with van der Waals surface area (Å²) < 4.78 is 0. The van der Waals surface area contributed by atoms with Gasteiger partial charge in [0.15, 0.2) is 5.82 Å². The molecule has 11 rings (SSSR count). The lowest BCUT2D eigenvalue weighted by molar-refractivity contribution is 0.661. The smallest absolute Gasteiger partial charge is 0.161 e. The molecule has 10 aromatic rings. The first-order valence-corrected chi connectivity index (χ1v) is 19.1. The summed E-state index contributed by atoms with van der Waals surface area (Å²) in [4.78, 5) is 11.0. The minimum Gasteiger partial charge on any atom is -0.228 e. The van der Waals surface area contributed by atoms with Crippen LogP contribution in [0.4, 0.5) is 0 Å². The first-order chi connectivity index (χ1) is 27.0. The van der Waals surface area contributed by atoms with Crippen LogP contribution < -0.4 is 0 Å². The molecule has 0 radical (unpaired) electrons. The Labute approximate surface area is 320 Å². The molecular formula is C53H36N2. The van der Waals surface area contributed by atoms with Crippen molar-refractivity contribution in [1.29, 1.82) is 0 Å². The van der Waals surface area contributed by atoms with E-state index in [1.54, 1.807) is 0 Å². The predicted octanol–water partition coefficient (Wildman–Crippen LogP) is 14.1. The third-order valence-electron chi connectivity index (χ3n) is 11.9. The van der Waals surface area contributed by atoms with Gasteiger partial charge < -0.3 is 0 Å².